The van der Waals surface area contributed by atoms with E-state index in [1.54, 1.807) is 41.5 Å². The Morgan fingerprint density at radius 3 is 1.60 bits per heavy atom. The molecular weight excluding hydrogens is 328 g/mol. The Morgan fingerprint density at radius 1 is 0.880 bits per heavy atom. The summed E-state index contributed by atoms with van der Waals surface area (Å²) in [6.45, 7) is 12.1. The number of piperidine rings is 1. The van der Waals surface area contributed by atoms with Crippen LogP contribution in [-0.4, -0.2) is 49.6 Å². The van der Waals surface area contributed by atoms with Gasteiger partial charge in [0.25, 0.3) is 0 Å². The highest BCUT2D eigenvalue weighted by molar-refractivity contribution is 5.87. The highest BCUT2D eigenvalue weighted by atomic mass is 16.6. The SMILES string of the molecule is CC(C)(C)OC(=O)NC(=O)OC(C)(C)C.COC(=O)C1CCNCC1. The van der Waals surface area contributed by atoms with Gasteiger partial charge in [-0.2, -0.15) is 0 Å². The first-order valence-electron chi connectivity index (χ1n) is 8.35. The summed E-state index contributed by atoms with van der Waals surface area (Å²) in [5.74, 6) is 0.0905. The van der Waals surface area contributed by atoms with Crippen molar-refractivity contribution in [2.24, 2.45) is 5.92 Å². The lowest BCUT2D eigenvalue weighted by molar-refractivity contribution is -0.146. The molecule has 0 unspecified atom stereocenters. The molecule has 8 nitrogen and oxygen atoms in total. The lowest BCUT2D eigenvalue weighted by atomic mass is 9.99. The average Bonchev–Trinajstić information content (AvgIpc) is 2.43. The van der Waals surface area contributed by atoms with Crippen LogP contribution in [0.15, 0.2) is 0 Å². The molecule has 0 atom stereocenters. The maximum Gasteiger partial charge on any atom is 0.417 e. The number of rotatable bonds is 1. The van der Waals surface area contributed by atoms with E-state index >= 15 is 0 Å². The second-order valence-electron chi connectivity index (χ2n) is 7.68. The van der Waals surface area contributed by atoms with Gasteiger partial charge in [0.15, 0.2) is 0 Å². The summed E-state index contributed by atoms with van der Waals surface area (Å²) < 4.78 is 14.4. The number of hydrogen-bond acceptors (Lipinski definition) is 7. The number of imide groups is 1. The number of carbonyl (C=O) groups excluding carboxylic acids is 3. The molecular formula is C17H32N2O6. The Bertz CT molecular complexity index is 419. The largest absolute Gasteiger partial charge is 0.469 e. The molecule has 25 heavy (non-hydrogen) atoms. The van der Waals surface area contributed by atoms with E-state index in [-0.39, 0.29) is 11.9 Å². The van der Waals surface area contributed by atoms with Gasteiger partial charge < -0.3 is 19.5 Å². The lowest BCUT2D eigenvalue weighted by Gasteiger charge is -2.21. The summed E-state index contributed by atoms with van der Waals surface area (Å²) in [6.07, 6.45) is 0.229. The van der Waals surface area contributed by atoms with Crippen molar-refractivity contribution in [3.8, 4) is 0 Å². The van der Waals surface area contributed by atoms with Crippen molar-refractivity contribution in [3.63, 3.8) is 0 Å². The molecule has 0 saturated carbocycles. The number of ether oxygens (including phenoxy) is 3. The zero-order valence-corrected chi connectivity index (χ0v) is 16.4. The fourth-order valence-corrected chi connectivity index (χ4v) is 1.91. The molecule has 1 fully saturated rings. The molecule has 1 heterocycles. The number of methoxy groups -OCH3 is 1. The number of amides is 2. The maximum absolute atomic E-state index is 11.1. The molecule has 1 aliphatic heterocycles. The topological polar surface area (TPSA) is 103 Å². The molecule has 1 aliphatic rings. The zero-order chi connectivity index (χ0) is 19.7. The molecule has 0 radical (unpaired) electrons. The van der Waals surface area contributed by atoms with Gasteiger partial charge in [-0.25, -0.2) is 14.9 Å². The molecule has 2 amide bonds. The van der Waals surface area contributed by atoms with E-state index in [9.17, 15) is 14.4 Å². The van der Waals surface area contributed by atoms with Crippen LogP contribution >= 0.6 is 0 Å². The van der Waals surface area contributed by atoms with Crippen LogP contribution in [0, 0.1) is 5.92 Å². The minimum absolute atomic E-state index is 0.0542. The van der Waals surface area contributed by atoms with E-state index in [0.29, 0.717) is 0 Å². The number of carbonyl (C=O) groups is 3. The third-order valence-corrected chi connectivity index (χ3v) is 2.88. The molecule has 0 aliphatic carbocycles. The van der Waals surface area contributed by atoms with Crippen LogP contribution in [0.4, 0.5) is 9.59 Å². The summed E-state index contributed by atoms with van der Waals surface area (Å²) in [4.78, 5) is 33.2. The molecule has 0 aromatic heterocycles. The van der Waals surface area contributed by atoms with Crippen molar-refractivity contribution in [3.05, 3.63) is 0 Å². The third kappa shape index (κ3) is 13.2. The van der Waals surface area contributed by atoms with Gasteiger partial charge in [0, 0.05) is 0 Å². The first-order chi connectivity index (χ1) is 11.3. The fourth-order valence-electron chi connectivity index (χ4n) is 1.91. The first-order valence-corrected chi connectivity index (χ1v) is 8.35. The minimum Gasteiger partial charge on any atom is -0.469 e. The summed E-state index contributed by atoms with van der Waals surface area (Å²) >= 11 is 0. The van der Waals surface area contributed by atoms with E-state index in [1.165, 1.54) is 7.11 Å². The van der Waals surface area contributed by atoms with Gasteiger partial charge in [-0.15, -0.1) is 0 Å². The molecule has 1 saturated heterocycles. The summed E-state index contributed by atoms with van der Waals surface area (Å²) in [7, 11) is 1.45. The van der Waals surface area contributed by atoms with Crippen molar-refractivity contribution in [1.29, 1.82) is 0 Å². The van der Waals surface area contributed by atoms with E-state index in [2.05, 4.69) is 10.1 Å². The molecule has 0 aromatic carbocycles. The van der Waals surface area contributed by atoms with Gasteiger partial charge in [0.2, 0.25) is 0 Å². The van der Waals surface area contributed by atoms with Crippen LogP contribution < -0.4 is 10.6 Å². The second-order valence-corrected chi connectivity index (χ2v) is 7.68. The monoisotopic (exact) mass is 360 g/mol. The van der Waals surface area contributed by atoms with Crippen LogP contribution in [0.25, 0.3) is 0 Å². The van der Waals surface area contributed by atoms with E-state index < -0.39 is 23.4 Å². The Labute approximate surface area is 150 Å². The van der Waals surface area contributed by atoms with Crippen molar-refractivity contribution < 1.29 is 28.6 Å². The zero-order valence-electron chi connectivity index (χ0n) is 16.4. The Balaban J connectivity index is 0.000000496. The summed E-state index contributed by atoms with van der Waals surface area (Å²) in [5, 5.41) is 5.16. The predicted octanol–water partition coefficient (Wildman–Crippen LogP) is 2.61. The molecule has 0 bridgehead atoms. The minimum atomic E-state index is -0.809. The van der Waals surface area contributed by atoms with Gasteiger partial charge in [-0.05, 0) is 67.5 Å². The Kier molecular flexibility index (Phi) is 9.48. The quantitative estimate of drug-likeness (QED) is 0.547. The standard InChI is InChI=1S/C10H19NO4.C7H13NO2/c1-9(2,3)14-7(12)11-8(13)15-10(4,5)6;1-10-7(9)6-2-4-8-5-3-6/h1-6H3,(H,11,12,13);6,8H,2-5H2,1H3. The molecule has 0 spiro atoms. The lowest BCUT2D eigenvalue weighted by Crippen LogP contribution is -2.39. The van der Waals surface area contributed by atoms with Crippen LogP contribution in [0.1, 0.15) is 54.4 Å². The fraction of sp³-hybridized carbons (Fsp3) is 0.824. The van der Waals surface area contributed by atoms with Gasteiger partial charge in [-0.3, -0.25) is 4.79 Å². The Hall–Kier alpha value is -1.83. The molecule has 2 N–H and O–H groups in total. The van der Waals surface area contributed by atoms with Crippen molar-refractivity contribution in [1.82, 2.24) is 10.6 Å². The third-order valence-electron chi connectivity index (χ3n) is 2.88. The van der Waals surface area contributed by atoms with Crippen molar-refractivity contribution in [2.75, 3.05) is 20.2 Å². The predicted molar refractivity (Wildman–Crippen MR) is 93.2 cm³/mol. The smallest absolute Gasteiger partial charge is 0.417 e. The van der Waals surface area contributed by atoms with E-state index in [0.717, 1.165) is 25.9 Å². The highest BCUT2D eigenvalue weighted by Crippen LogP contribution is 2.12. The van der Waals surface area contributed by atoms with E-state index in [1.807, 2.05) is 5.32 Å². The van der Waals surface area contributed by atoms with Gasteiger partial charge in [0.05, 0.1) is 13.0 Å². The van der Waals surface area contributed by atoms with Crippen LogP contribution in [0.2, 0.25) is 0 Å². The van der Waals surface area contributed by atoms with Crippen molar-refractivity contribution in [2.45, 2.75) is 65.6 Å². The number of hydrogen-bond donors (Lipinski definition) is 2. The van der Waals surface area contributed by atoms with Gasteiger partial charge in [-0.1, -0.05) is 0 Å². The first kappa shape index (κ1) is 23.2. The van der Waals surface area contributed by atoms with Crippen LogP contribution in [-0.2, 0) is 19.0 Å². The normalized spacial score (nSPS) is 15.3. The van der Waals surface area contributed by atoms with Crippen LogP contribution in [0.5, 0.6) is 0 Å². The molecule has 1 rings (SSSR count). The van der Waals surface area contributed by atoms with E-state index in [4.69, 9.17) is 9.47 Å². The number of alkyl carbamates (subject to hydrolysis) is 2. The number of esters is 1. The second kappa shape index (κ2) is 10.2. The molecule has 0 aromatic rings. The molecule has 146 valence electrons. The molecule has 8 heteroatoms. The van der Waals surface area contributed by atoms with Gasteiger partial charge >= 0.3 is 18.2 Å². The van der Waals surface area contributed by atoms with Gasteiger partial charge in [0.1, 0.15) is 11.2 Å². The summed E-state index contributed by atoms with van der Waals surface area (Å²) in [6, 6.07) is 0. The highest BCUT2D eigenvalue weighted by Gasteiger charge is 2.22. The maximum atomic E-state index is 11.1. The van der Waals surface area contributed by atoms with Crippen molar-refractivity contribution >= 4 is 18.2 Å². The summed E-state index contributed by atoms with van der Waals surface area (Å²) in [5.41, 5.74) is -1.27. The number of nitrogens with one attached hydrogen (secondary N) is 2. The average molecular weight is 360 g/mol. The Morgan fingerprint density at radius 2 is 1.28 bits per heavy atom. The van der Waals surface area contributed by atoms with Crippen LogP contribution in [0.3, 0.4) is 0 Å².